The van der Waals surface area contributed by atoms with Crippen molar-refractivity contribution in [1.82, 2.24) is 0 Å². The summed E-state index contributed by atoms with van der Waals surface area (Å²) in [6, 6.07) is 4.74. The molecule has 1 aromatic rings. The van der Waals surface area contributed by atoms with Crippen molar-refractivity contribution in [3.8, 4) is 0 Å². The van der Waals surface area contributed by atoms with Crippen LogP contribution >= 0.6 is 15.9 Å². The summed E-state index contributed by atoms with van der Waals surface area (Å²) >= 11 is 3.18. The van der Waals surface area contributed by atoms with E-state index in [9.17, 15) is 9.18 Å². The normalized spacial score (nSPS) is 11.6. The summed E-state index contributed by atoms with van der Waals surface area (Å²) in [6.07, 6.45) is 1.14. The van der Waals surface area contributed by atoms with Crippen LogP contribution in [0.2, 0.25) is 0 Å². The average molecular weight is 302 g/mol. The van der Waals surface area contributed by atoms with Gasteiger partial charge in [0.05, 0.1) is 0 Å². The number of Topliss-reactive ketones (excluding diaryl/α,β-unsaturated/α-hetero) is 1. The van der Waals surface area contributed by atoms with Gasteiger partial charge >= 0.3 is 0 Å². The number of rotatable bonds is 5. The first kappa shape index (κ1) is 14.3. The van der Waals surface area contributed by atoms with E-state index in [0.717, 1.165) is 0 Å². The van der Waals surface area contributed by atoms with E-state index in [4.69, 9.17) is 5.73 Å². The van der Waals surface area contributed by atoms with Crippen molar-refractivity contribution in [2.24, 2.45) is 5.73 Å². The fourth-order valence-corrected chi connectivity index (χ4v) is 1.76. The first-order valence-corrected chi connectivity index (χ1v) is 6.32. The molecule has 1 aromatic carbocycles. The summed E-state index contributed by atoms with van der Waals surface area (Å²) in [4.78, 5) is 11.7. The maximum absolute atomic E-state index is 13.5. The van der Waals surface area contributed by atoms with Crippen LogP contribution in [0.5, 0.6) is 0 Å². The van der Waals surface area contributed by atoms with Crippen LogP contribution < -0.4 is 5.73 Å². The molecule has 1 rings (SSSR count). The Hall–Kier alpha value is -0.740. The van der Waals surface area contributed by atoms with Crippen LogP contribution in [-0.4, -0.2) is 11.3 Å². The van der Waals surface area contributed by atoms with Crippen LogP contribution in [0.15, 0.2) is 22.7 Å². The molecule has 2 nitrogen and oxygen atoms in total. The molecule has 0 amide bonds. The van der Waals surface area contributed by atoms with Gasteiger partial charge in [-0.2, -0.15) is 0 Å². The molecule has 0 fully saturated rings. The molecule has 0 heterocycles. The third kappa shape index (κ3) is 5.41. The van der Waals surface area contributed by atoms with E-state index in [2.05, 4.69) is 15.9 Å². The SMILES string of the molecule is CC(C)(N)CCC(=O)Cc1ccc(Br)cc1F. The van der Waals surface area contributed by atoms with Crippen molar-refractivity contribution in [1.29, 1.82) is 0 Å². The maximum atomic E-state index is 13.5. The van der Waals surface area contributed by atoms with Gasteiger partial charge in [0.1, 0.15) is 11.6 Å². The number of hydrogen-bond acceptors (Lipinski definition) is 2. The van der Waals surface area contributed by atoms with Gasteiger partial charge in [-0.05, 0) is 38.0 Å². The van der Waals surface area contributed by atoms with Crippen molar-refractivity contribution in [3.63, 3.8) is 0 Å². The first-order chi connectivity index (χ1) is 7.78. The number of ketones is 1. The number of carbonyl (C=O) groups is 1. The molecule has 0 radical (unpaired) electrons. The Morgan fingerprint density at radius 2 is 2.12 bits per heavy atom. The van der Waals surface area contributed by atoms with E-state index < -0.39 is 0 Å². The summed E-state index contributed by atoms with van der Waals surface area (Å²) in [5.41, 5.74) is 5.88. The van der Waals surface area contributed by atoms with Gasteiger partial charge in [-0.15, -0.1) is 0 Å². The Morgan fingerprint density at radius 3 is 2.65 bits per heavy atom. The molecular formula is C13H17BrFNO. The molecule has 0 saturated carbocycles. The van der Waals surface area contributed by atoms with E-state index in [1.807, 2.05) is 13.8 Å². The second kappa shape index (κ2) is 5.74. The van der Waals surface area contributed by atoms with Crippen molar-refractivity contribution in [2.45, 2.75) is 38.6 Å². The highest BCUT2D eigenvalue weighted by atomic mass is 79.9. The molecule has 4 heteroatoms. The molecule has 0 aliphatic heterocycles. The molecule has 0 aliphatic carbocycles. The second-order valence-corrected chi connectivity index (χ2v) is 5.86. The number of hydrogen-bond donors (Lipinski definition) is 1. The topological polar surface area (TPSA) is 43.1 Å². The molecule has 0 atom stereocenters. The van der Waals surface area contributed by atoms with Gasteiger partial charge < -0.3 is 5.73 Å². The molecule has 0 aromatic heterocycles. The Bertz CT molecular complexity index is 412. The Balaban J connectivity index is 2.57. The number of carbonyl (C=O) groups excluding carboxylic acids is 1. The van der Waals surface area contributed by atoms with Gasteiger partial charge in [0.2, 0.25) is 0 Å². The minimum Gasteiger partial charge on any atom is -0.326 e. The highest BCUT2D eigenvalue weighted by molar-refractivity contribution is 9.10. The first-order valence-electron chi connectivity index (χ1n) is 5.52. The fourth-order valence-electron chi connectivity index (χ4n) is 1.43. The number of halogens is 2. The third-order valence-corrected chi connectivity index (χ3v) is 2.94. The molecule has 17 heavy (non-hydrogen) atoms. The lowest BCUT2D eigenvalue weighted by Gasteiger charge is -2.17. The standard InChI is InChI=1S/C13H17BrFNO/c1-13(2,16)6-5-11(17)7-9-3-4-10(14)8-12(9)15/h3-4,8H,5-7,16H2,1-2H3. The quantitative estimate of drug-likeness (QED) is 0.907. The van der Waals surface area contributed by atoms with Crippen LogP contribution in [0.25, 0.3) is 0 Å². The lowest BCUT2D eigenvalue weighted by atomic mass is 9.96. The van der Waals surface area contributed by atoms with Gasteiger partial charge in [-0.1, -0.05) is 22.0 Å². The van der Waals surface area contributed by atoms with Crippen LogP contribution in [0.1, 0.15) is 32.3 Å². The Labute approximate surface area is 110 Å². The van der Waals surface area contributed by atoms with Gasteiger partial charge in [0, 0.05) is 22.9 Å². The molecule has 0 saturated heterocycles. The number of benzene rings is 1. The minimum atomic E-state index is -0.353. The zero-order valence-corrected chi connectivity index (χ0v) is 11.7. The van der Waals surface area contributed by atoms with Crippen molar-refractivity contribution in [3.05, 3.63) is 34.1 Å². The Morgan fingerprint density at radius 1 is 1.47 bits per heavy atom. The monoisotopic (exact) mass is 301 g/mol. The maximum Gasteiger partial charge on any atom is 0.137 e. The summed E-state index contributed by atoms with van der Waals surface area (Å²) in [7, 11) is 0. The highest BCUT2D eigenvalue weighted by Gasteiger charge is 2.14. The second-order valence-electron chi connectivity index (χ2n) is 4.94. The van der Waals surface area contributed by atoms with E-state index in [1.54, 1.807) is 12.1 Å². The summed E-state index contributed by atoms with van der Waals surface area (Å²) in [6.45, 7) is 3.75. The van der Waals surface area contributed by atoms with Crippen molar-refractivity contribution >= 4 is 21.7 Å². The fraction of sp³-hybridized carbons (Fsp3) is 0.462. The van der Waals surface area contributed by atoms with Crippen molar-refractivity contribution in [2.75, 3.05) is 0 Å². The van der Waals surface area contributed by atoms with Crippen LogP contribution in [0.3, 0.4) is 0 Å². The zero-order valence-electron chi connectivity index (χ0n) is 10.1. The third-order valence-electron chi connectivity index (χ3n) is 2.45. The molecule has 2 N–H and O–H groups in total. The van der Waals surface area contributed by atoms with E-state index in [-0.39, 0.29) is 23.6 Å². The van der Waals surface area contributed by atoms with Gasteiger partial charge in [-0.3, -0.25) is 4.79 Å². The van der Waals surface area contributed by atoms with E-state index in [0.29, 0.717) is 22.9 Å². The Kier molecular flexibility index (Phi) is 4.83. The lowest BCUT2D eigenvalue weighted by molar-refractivity contribution is -0.118. The lowest BCUT2D eigenvalue weighted by Crippen LogP contribution is -2.32. The summed E-state index contributed by atoms with van der Waals surface area (Å²) in [5.74, 6) is -0.329. The van der Waals surface area contributed by atoms with E-state index in [1.165, 1.54) is 6.07 Å². The molecule has 0 bridgehead atoms. The predicted octanol–water partition coefficient (Wildman–Crippen LogP) is 3.22. The molecule has 0 unspecified atom stereocenters. The molecule has 94 valence electrons. The van der Waals surface area contributed by atoms with Crippen LogP contribution in [0.4, 0.5) is 4.39 Å². The number of nitrogens with two attached hydrogens (primary N) is 1. The van der Waals surface area contributed by atoms with Gasteiger partial charge in [-0.25, -0.2) is 4.39 Å². The van der Waals surface area contributed by atoms with Crippen molar-refractivity contribution < 1.29 is 9.18 Å². The molecule has 0 aliphatic rings. The average Bonchev–Trinajstić information content (AvgIpc) is 2.18. The van der Waals surface area contributed by atoms with Crippen LogP contribution in [-0.2, 0) is 11.2 Å². The van der Waals surface area contributed by atoms with Crippen LogP contribution in [0, 0.1) is 5.82 Å². The summed E-state index contributed by atoms with van der Waals surface area (Å²) in [5, 5.41) is 0. The predicted molar refractivity (Wildman–Crippen MR) is 70.3 cm³/mol. The zero-order chi connectivity index (χ0) is 13.1. The van der Waals surface area contributed by atoms with Gasteiger partial charge in [0.15, 0.2) is 0 Å². The van der Waals surface area contributed by atoms with E-state index >= 15 is 0 Å². The largest absolute Gasteiger partial charge is 0.326 e. The molecule has 0 spiro atoms. The molecular weight excluding hydrogens is 285 g/mol. The smallest absolute Gasteiger partial charge is 0.137 e. The minimum absolute atomic E-state index is 0.0183. The highest BCUT2D eigenvalue weighted by Crippen LogP contribution is 2.17. The summed E-state index contributed by atoms with van der Waals surface area (Å²) < 4.78 is 14.2. The van der Waals surface area contributed by atoms with Gasteiger partial charge in [0.25, 0.3) is 0 Å².